The van der Waals surface area contributed by atoms with Crippen LogP contribution in [-0.2, 0) is 0 Å². The molecule has 3 rings (SSSR count). The number of benzene rings is 1. The first-order valence-corrected chi connectivity index (χ1v) is 8.01. The van der Waals surface area contributed by atoms with Crippen LogP contribution < -0.4 is 10.6 Å². The van der Waals surface area contributed by atoms with Crippen LogP contribution >= 0.6 is 0 Å². The summed E-state index contributed by atoms with van der Waals surface area (Å²) in [6.07, 6.45) is 3.64. The molecule has 21 heavy (non-hydrogen) atoms. The average Bonchev–Trinajstić information content (AvgIpc) is 2.74. The second-order valence-electron chi connectivity index (χ2n) is 7.72. The van der Waals surface area contributed by atoms with Gasteiger partial charge in [0.1, 0.15) is 0 Å². The zero-order chi connectivity index (χ0) is 15.3. The summed E-state index contributed by atoms with van der Waals surface area (Å²) in [7, 11) is 0. The van der Waals surface area contributed by atoms with E-state index in [0.29, 0.717) is 17.3 Å². The minimum absolute atomic E-state index is 0.0782. The van der Waals surface area contributed by atoms with Crippen LogP contribution in [0.25, 0.3) is 0 Å². The van der Waals surface area contributed by atoms with Gasteiger partial charge in [0.15, 0.2) is 5.96 Å². The van der Waals surface area contributed by atoms with Crippen LogP contribution in [-0.4, -0.2) is 18.0 Å². The molecule has 0 radical (unpaired) electrons. The summed E-state index contributed by atoms with van der Waals surface area (Å²) in [6, 6.07) is 8.67. The molecule has 1 aromatic carbocycles. The summed E-state index contributed by atoms with van der Waals surface area (Å²) in [5.41, 5.74) is 9.23. The lowest BCUT2D eigenvalue weighted by Gasteiger charge is -2.51. The molecule has 2 aliphatic rings. The molecule has 1 fully saturated rings. The van der Waals surface area contributed by atoms with Crippen LogP contribution in [0, 0.1) is 18.3 Å². The summed E-state index contributed by atoms with van der Waals surface area (Å²) in [5.74, 6) is 1.28. The average molecular weight is 285 g/mol. The summed E-state index contributed by atoms with van der Waals surface area (Å²) in [5, 5.41) is 0. The van der Waals surface area contributed by atoms with E-state index in [-0.39, 0.29) is 5.54 Å². The van der Waals surface area contributed by atoms with Crippen molar-refractivity contribution >= 4 is 11.6 Å². The van der Waals surface area contributed by atoms with Crippen molar-refractivity contribution in [3.05, 3.63) is 29.8 Å². The van der Waals surface area contributed by atoms with Gasteiger partial charge in [0.25, 0.3) is 0 Å². The van der Waals surface area contributed by atoms with E-state index in [2.05, 4.69) is 61.9 Å². The van der Waals surface area contributed by atoms with Crippen molar-refractivity contribution in [1.29, 1.82) is 0 Å². The molecule has 3 heteroatoms. The molecule has 1 aliphatic heterocycles. The maximum atomic E-state index is 6.26. The molecular formula is C18H27N3. The van der Waals surface area contributed by atoms with E-state index in [1.165, 1.54) is 30.5 Å². The standard InChI is InChI=1S/C18H27N3/c1-13-5-7-15(8-6-13)21-16(19)20-12-18(21)10-9-17(3,4)11-14(18)2/h5-8,14H,9-12H2,1-4H3,(H2,19,20). The molecule has 0 amide bonds. The van der Waals surface area contributed by atoms with Crippen molar-refractivity contribution in [3.8, 4) is 0 Å². The van der Waals surface area contributed by atoms with Gasteiger partial charge in [0.05, 0.1) is 12.1 Å². The fourth-order valence-corrected chi connectivity index (χ4v) is 4.16. The summed E-state index contributed by atoms with van der Waals surface area (Å²) >= 11 is 0. The van der Waals surface area contributed by atoms with Crippen molar-refractivity contribution in [2.45, 2.75) is 52.5 Å². The predicted octanol–water partition coefficient (Wildman–Crippen LogP) is 3.71. The molecule has 2 atom stereocenters. The normalized spacial score (nSPS) is 31.5. The fourth-order valence-electron chi connectivity index (χ4n) is 4.16. The Kier molecular flexibility index (Phi) is 3.27. The zero-order valence-electron chi connectivity index (χ0n) is 13.7. The predicted molar refractivity (Wildman–Crippen MR) is 89.7 cm³/mol. The second kappa shape index (κ2) is 4.75. The highest BCUT2D eigenvalue weighted by atomic mass is 15.4. The first-order valence-electron chi connectivity index (χ1n) is 8.01. The van der Waals surface area contributed by atoms with Gasteiger partial charge in [0.2, 0.25) is 0 Å². The van der Waals surface area contributed by atoms with E-state index >= 15 is 0 Å². The number of nitrogens with two attached hydrogens (primary N) is 1. The SMILES string of the molecule is Cc1ccc(N2C(N)=NCC23CCC(C)(C)CC3C)cc1. The van der Waals surface area contributed by atoms with Crippen molar-refractivity contribution in [2.75, 3.05) is 11.4 Å². The number of hydrogen-bond acceptors (Lipinski definition) is 3. The molecule has 1 aromatic rings. The second-order valence-corrected chi connectivity index (χ2v) is 7.72. The Labute approximate surface area is 128 Å². The van der Waals surface area contributed by atoms with E-state index in [1.807, 2.05) is 0 Å². The number of guanidine groups is 1. The number of aliphatic imine (C=N–C) groups is 1. The Morgan fingerprint density at radius 3 is 2.48 bits per heavy atom. The minimum atomic E-state index is 0.0782. The van der Waals surface area contributed by atoms with Crippen LogP contribution in [0.5, 0.6) is 0 Å². The van der Waals surface area contributed by atoms with E-state index in [4.69, 9.17) is 5.73 Å². The third kappa shape index (κ3) is 2.33. The molecule has 0 saturated heterocycles. The maximum Gasteiger partial charge on any atom is 0.196 e. The zero-order valence-corrected chi connectivity index (χ0v) is 13.7. The molecular weight excluding hydrogens is 258 g/mol. The van der Waals surface area contributed by atoms with Gasteiger partial charge >= 0.3 is 0 Å². The van der Waals surface area contributed by atoms with E-state index in [9.17, 15) is 0 Å². The highest BCUT2D eigenvalue weighted by molar-refractivity contribution is 5.98. The number of hydrogen-bond donors (Lipinski definition) is 1. The van der Waals surface area contributed by atoms with Gasteiger partial charge in [-0.3, -0.25) is 4.99 Å². The van der Waals surface area contributed by atoms with Crippen LogP contribution in [0.1, 0.15) is 45.6 Å². The fraction of sp³-hybridized carbons (Fsp3) is 0.611. The van der Waals surface area contributed by atoms with Crippen molar-refractivity contribution in [2.24, 2.45) is 22.1 Å². The van der Waals surface area contributed by atoms with Gasteiger partial charge in [-0.2, -0.15) is 0 Å². The first-order chi connectivity index (χ1) is 9.84. The van der Waals surface area contributed by atoms with Crippen LogP contribution in [0.3, 0.4) is 0 Å². The van der Waals surface area contributed by atoms with E-state index < -0.39 is 0 Å². The Hall–Kier alpha value is -1.51. The van der Waals surface area contributed by atoms with Crippen molar-refractivity contribution in [1.82, 2.24) is 0 Å². The number of aryl methyl sites for hydroxylation is 1. The van der Waals surface area contributed by atoms with Gasteiger partial charge in [-0.1, -0.05) is 38.5 Å². The Morgan fingerprint density at radius 1 is 1.19 bits per heavy atom. The Bertz CT molecular complexity index is 558. The Morgan fingerprint density at radius 2 is 1.86 bits per heavy atom. The van der Waals surface area contributed by atoms with E-state index in [0.717, 1.165) is 6.54 Å². The minimum Gasteiger partial charge on any atom is -0.369 e. The van der Waals surface area contributed by atoms with Crippen LogP contribution in [0.4, 0.5) is 5.69 Å². The topological polar surface area (TPSA) is 41.6 Å². The molecule has 2 unspecified atom stereocenters. The maximum absolute atomic E-state index is 6.26. The smallest absolute Gasteiger partial charge is 0.196 e. The summed E-state index contributed by atoms with van der Waals surface area (Å²) < 4.78 is 0. The molecule has 1 heterocycles. The van der Waals surface area contributed by atoms with Crippen LogP contribution in [0.15, 0.2) is 29.3 Å². The molecule has 1 spiro atoms. The number of rotatable bonds is 1. The molecule has 2 N–H and O–H groups in total. The molecule has 1 saturated carbocycles. The molecule has 0 aromatic heterocycles. The molecule has 114 valence electrons. The quantitative estimate of drug-likeness (QED) is 0.854. The molecule has 3 nitrogen and oxygen atoms in total. The van der Waals surface area contributed by atoms with E-state index in [1.54, 1.807) is 0 Å². The number of nitrogens with zero attached hydrogens (tertiary/aromatic N) is 2. The van der Waals surface area contributed by atoms with Gasteiger partial charge in [-0.15, -0.1) is 0 Å². The van der Waals surface area contributed by atoms with Crippen molar-refractivity contribution in [3.63, 3.8) is 0 Å². The third-order valence-electron chi connectivity index (χ3n) is 5.49. The lowest BCUT2D eigenvalue weighted by molar-refractivity contribution is 0.114. The van der Waals surface area contributed by atoms with Crippen molar-refractivity contribution < 1.29 is 0 Å². The van der Waals surface area contributed by atoms with Gasteiger partial charge in [-0.25, -0.2) is 0 Å². The summed E-state index contributed by atoms with van der Waals surface area (Å²) in [6.45, 7) is 10.1. The van der Waals surface area contributed by atoms with Gasteiger partial charge in [0, 0.05) is 5.69 Å². The van der Waals surface area contributed by atoms with Gasteiger partial charge in [-0.05, 0) is 49.7 Å². The largest absolute Gasteiger partial charge is 0.369 e. The first kappa shape index (κ1) is 14.4. The monoisotopic (exact) mass is 285 g/mol. The Balaban J connectivity index is 1.97. The molecule has 0 bridgehead atoms. The summed E-state index contributed by atoms with van der Waals surface area (Å²) in [4.78, 5) is 6.92. The van der Waals surface area contributed by atoms with Crippen LogP contribution in [0.2, 0.25) is 0 Å². The lowest BCUT2D eigenvalue weighted by atomic mass is 9.63. The third-order valence-corrected chi connectivity index (χ3v) is 5.49. The highest BCUT2D eigenvalue weighted by Gasteiger charge is 2.51. The highest BCUT2D eigenvalue weighted by Crippen LogP contribution is 2.49. The lowest BCUT2D eigenvalue weighted by Crippen LogP contribution is -2.59. The van der Waals surface area contributed by atoms with Gasteiger partial charge < -0.3 is 10.6 Å². The number of anilines is 1. The molecule has 1 aliphatic carbocycles.